The van der Waals surface area contributed by atoms with Gasteiger partial charge in [0.2, 0.25) is 5.95 Å². The lowest BCUT2D eigenvalue weighted by Gasteiger charge is -2.14. The minimum absolute atomic E-state index is 0.333. The number of hydrogen-bond acceptors (Lipinski definition) is 5. The lowest BCUT2D eigenvalue weighted by molar-refractivity contribution is 0.308. The number of benzene rings is 1. The van der Waals surface area contributed by atoms with E-state index >= 15 is 0 Å². The van der Waals surface area contributed by atoms with Crippen molar-refractivity contribution in [2.24, 2.45) is 0 Å². The zero-order valence-corrected chi connectivity index (χ0v) is 13.8. The first kappa shape index (κ1) is 15.5. The average molecular weight is 310 g/mol. The largest absolute Gasteiger partial charge is 0.497 e. The van der Waals surface area contributed by atoms with Crippen molar-refractivity contribution < 1.29 is 4.74 Å². The summed E-state index contributed by atoms with van der Waals surface area (Å²) >= 11 is 0. The lowest BCUT2D eigenvalue weighted by atomic mass is 10.1. The van der Waals surface area contributed by atoms with E-state index in [-0.39, 0.29) is 0 Å². The Morgan fingerprint density at radius 1 is 1.26 bits per heavy atom. The Labute approximate surface area is 136 Å². The van der Waals surface area contributed by atoms with E-state index in [2.05, 4.69) is 34.8 Å². The van der Waals surface area contributed by atoms with Crippen molar-refractivity contribution in [3.63, 3.8) is 0 Å². The fourth-order valence-corrected chi connectivity index (χ4v) is 2.88. The molecular weight excluding hydrogens is 288 g/mol. The molecule has 23 heavy (non-hydrogen) atoms. The van der Waals surface area contributed by atoms with Crippen LogP contribution in [0.5, 0.6) is 5.75 Å². The smallest absolute Gasteiger partial charge is 0.220 e. The van der Waals surface area contributed by atoms with Gasteiger partial charge >= 0.3 is 0 Å². The van der Waals surface area contributed by atoms with Crippen LogP contribution in [-0.2, 0) is 13.1 Å². The monoisotopic (exact) mass is 310 g/mol. The first-order valence-electron chi connectivity index (χ1n) is 7.74. The molecule has 0 saturated heterocycles. The number of ether oxygens (including phenoxy) is 1. The summed E-state index contributed by atoms with van der Waals surface area (Å²) in [4.78, 5) is 11.3. The maximum atomic E-state index is 5.92. The lowest BCUT2D eigenvalue weighted by Crippen LogP contribution is -2.18. The van der Waals surface area contributed by atoms with Gasteiger partial charge in [0.15, 0.2) is 0 Å². The number of nitrogen functional groups attached to an aromatic ring is 1. The highest BCUT2D eigenvalue weighted by Gasteiger charge is 2.25. The number of aromatic nitrogens is 2. The van der Waals surface area contributed by atoms with Gasteiger partial charge in [-0.3, -0.25) is 4.90 Å². The summed E-state index contributed by atoms with van der Waals surface area (Å²) in [6.45, 7) is 6.82. The quantitative estimate of drug-likeness (QED) is 0.879. The number of anilines is 1. The molecule has 3 rings (SSSR count). The molecule has 120 valence electrons. The number of nitrogens with zero attached hydrogens (tertiary/aromatic N) is 3. The molecule has 5 nitrogen and oxygen atoms in total. The summed E-state index contributed by atoms with van der Waals surface area (Å²) < 4.78 is 5.22. The van der Waals surface area contributed by atoms with Gasteiger partial charge in [0.1, 0.15) is 5.75 Å². The molecule has 1 aliphatic heterocycles. The van der Waals surface area contributed by atoms with Gasteiger partial charge in [-0.1, -0.05) is 11.6 Å². The zero-order chi connectivity index (χ0) is 16.4. The molecule has 0 amide bonds. The molecule has 0 spiro atoms. The van der Waals surface area contributed by atoms with Gasteiger partial charge in [-0.2, -0.15) is 0 Å². The first-order chi connectivity index (χ1) is 11.1. The molecule has 2 aromatic rings. The van der Waals surface area contributed by atoms with E-state index in [4.69, 9.17) is 10.5 Å². The van der Waals surface area contributed by atoms with Crippen molar-refractivity contribution in [1.82, 2.24) is 14.9 Å². The van der Waals surface area contributed by atoms with Crippen LogP contribution in [0.4, 0.5) is 5.95 Å². The third-order valence-electron chi connectivity index (χ3n) is 4.19. The molecule has 0 radical (unpaired) electrons. The third-order valence-corrected chi connectivity index (χ3v) is 4.19. The molecular formula is C18H22N4O. The maximum absolute atomic E-state index is 5.92. The second-order valence-electron chi connectivity index (χ2n) is 5.86. The van der Waals surface area contributed by atoms with E-state index in [1.807, 2.05) is 24.3 Å². The number of methoxy groups -OCH3 is 1. The number of allylic oxidation sites excluding steroid dienone is 1. The SMILES string of the molecule is C/C=C(\C)CN1Cc2nc(N)nc(-c3ccc(OC)cc3)c2C1. The van der Waals surface area contributed by atoms with Crippen LogP contribution in [0.15, 0.2) is 35.9 Å². The van der Waals surface area contributed by atoms with Crippen LogP contribution < -0.4 is 10.5 Å². The van der Waals surface area contributed by atoms with Crippen molar-refractivity contribution in [1.29, 1.82) is 0 Å². The molecule has 0 unspecified atom stereocenters. The Balaban J connectivity index is 1.95. The number of fused-ring (bicyclic) bond motifs is 1. The van der Waals surface area contributed by atoms with E-state index < -0.39 is 0 Å². The highest BCUT2D eigenvalue weighted by atomic mass is 16.5. The van der Waals surface area contributed by atoms with Gasteiger partial charge in [-0.15, -0.1) is 0 Å². The van der Waals surface area contributed by atoms with Gasteiger partial charge in [0, 0.05) is 30.8 Å². The van der Waals surface area contributed by atoms with Crippen molar-refractivity contribution in [3.05, 3.63) is 47.2 Å². The summed E-state index contributed by atoms with van der Waals surface area (Å²) in [6.07, 6.45) is 2.15. The summed E-state index contributed by atoms with van der Waals surface area (Å²) in [6, 6.07) is 7.91. The molecule has 0 atom stereocenters. The summed E-state index contributed by atoms with van der Waals surface area (Å²) in [5, 5.41) is 0. The van der Waals surface area contributed by atoms with E-state index in [0.717, 1.165) is 42.3 Å². The van der Waals surface area contributed by atoms with Crippen LogP contribution in [0.3, 0.4) is 0 Å². The standard InChI is InChI=1S/C18H22N4O/c1-4-12(2)9-22-10-15-16(11-22)20-18(19)21-17(15)13-5-7-14(23-3)8-6-13/h4-8H,9-11H2,1-3H3,(H2,19,20,21)/b12-4+. The minimum atomic E-state index is 0.333. The normalized spacial score (nSPS) is 14.8. The summed E-state index contributed by atoms with van der Waals surface area (Å²) in [7, 11) is 1.66. The fourth-order valence-electron chi connectivity index (χ4n) is 2.88. The van der Waals surface area contributed by atoms with Crippen LogP contribution in [0, 0.1) is 0 Å². The molecule has 5 heteroatoms. The van der Waals surface area contributed by atoms with Crippen LogP contribution in [0.2, 0.25) is 0 Å². The van der Waals surface area contributed by atoms with Gasteiger partial charge < -0.3 is 10.5 Å². The molecule has 0 bridgehead atoms. The minimum Gasteiger partial charge on any atom is -0.497 e. The van der Waals surface area contributed by atoms with Gasteiger partial charge in [0.05, 0.1) is 18.5 Å². The van der Waals surface area contributed by atoms with Crippen molar-refractivity contribution >= 4 is 5.95 Å². The Morgan fingerprint density at radius 3 is 2.65 bits per heavy atom. The van der Waals surface area contributed by atoms with Crippen molar-refractivity contribution in [2.75, 3.05) is 19.4 Å². The Morgan fingerprint density at radius 2 is 2.00 bits per heavy atom. The highest BCUT2D eigenvalue weighted by molar-refractivity contribution is 5.66. The molecule has 1 aromatic heterocycles. The molecule has 0 aliphatic carbocycles. The number of rotatable bonds is 4. The maximum Gasteiger partial charge on any atom is 0.220 e. The Kier molecular flexibility index (Phi) is 4.30. The van der Waals surface area contributed by atoms with Gasteiger partial charge in [-0.05, 0) is 38.1 Å². The topological polar surface area (TPSA) is 64.3 Å². The van der Waals surface area contributed by atoms with Gasteiger partial charge in [-0.25, -0.2) is 9.97 Å². The Hall–Kier alpha value is -2.40. The Bertz CT molecular complexity index is 737. The highest BCUT2D eigenvalue weighted by Crippen LogP contribution is 2.32. The van der Waals surface area contributed by atoms with E-state index in [0.29, 0.717) is 5.95 Å². The first-order valence-corrected chi connectivity index (χ1v) is 7.74. The predicted octanol–water partition coefficient (Wildman–Crippen LogP) is 3.02. The van der Waals surface area contributed by atoms with Crippen LogP contribution in [-0.4, -0.2) is 28.5 Å². The second kappa shape index (κ2) is 6.38. The second-order valence-corrected chi connectivity index (χ2v) is 5.86. The van der Waals surface area contributed by atoms with Gasteiger partial charge in [0.25, 0.3) is 0 Å². The van der Waals surface area contributed by atoms with E-state index in [9.17, 15) is 0 Å². The van der Waals surface area contributed by atoms with Crippen LogP contribution >= 0.6 is 0 Å². The number of nitrogens with two attached hydrogens (primary N) is 1. The molecule has 0 saturated carbocycles. The zero-order valence-electron chi connectivity index (χ0n) is 13.8. The van der Waals surface area contributed by atoms with Crippen molar-refractivity contribution in [3.8, 4) is 17.0 Å². The molecule has 1 aliphatic rings. The average Bonchev–Trinajstić information content (AvgIpc) is 2.96. The third kappa shape index (κ3) is 3.19. The van der Waals surface area contributed by atoms with Crippen LogP contribution in [0.25, 0.3) is 11.3 Å². The molecule has 2 heterocycles. The molecule has 0 fully saturated rings. The predicted molar refractivity (Wildman–Crippen MR) is 92.0 cm³/mol. The summed E-state index contributed by atoms with van der Waals surface area (Å²) in [5.74, 6) is 1.16. The van der Waals surface area contributed by atoms with Crippen molar-refractivity contribution in [2.45, 2.75) is 26.9 Å². The molecule has 2 N–H and O–H groups in total. The fraction of sp³-hybridized carbons (Fsp3) is 0.333. The van der Waals surface area contributed by atoms with Crippen LogP contribution in [0.1, 0.15) is 25.1 Å². The van der Waals surface area contributed by atoms with E-state index in [1.54, 1.807) is 7.11 Å². The summed E-state index contributed by atoms with van der Waals surface area (Å²) in [5.41, 5.74) is 11.5. The number of hydrogen-bond donors (Lipinski definition) is 1. The van der Waals surface area contributed by atoms with E-state index in [1.165, 1.54) is 11.1 Å². The molecule has 1 aromatic carbocycles.